The second-order valence-corrected chi connectivity index (χ2v) is 6.07. The molecule has 0 atom stereocenters. The molecular weight excluding hydrogens is 292 g/mol. The smallest absolute Gasteiger partial charge is 0.242 e. The summed E-state index contributed by atoms with van der Waals surface area (Å²) in [6.45, 7) is 0.608. The van der Waals surface area contributed by atoms with Gasteiger partial charge in [0.25, 0.3) is 0 Å². The number of amides is 1. The fourth-order valence-electron chi connectivity index (χ4n) is 2.58. The summed E-state index contributed by atoms with van der Waals surface area (Å²) >= 11 is 3.44. The molecule has 4 heteroatoms. The van der Waals surface area contributed by atoms with Crippen molar-refractivity contribution < 1.29 is 4.79 Å². The monoisotopic (exact) mass is 310 g/mol. The summed E-state index contributed by atoms with van der Waals surface area (Å²) in [7, 11) is 1.83. The van der Waals surface area contributed by atoms with E-state index in [-0.39, 0.29) is 5.91 Å². The summed E-state index contributed by atoms with van der Waals surface area (Å²) in [6.07, 6.45) is 3.75. The molecule has 2 N–H and O–H groups in total. The molecule has 1 amide bonds. The van der Waals surface area contributed by atoms with Crippen LogP contribution in [0.1, 0.15) is 31.2 Å². The molecule has 0 aromatic heterocycles. The quantitative estimate of drug-likeness (QED) is 0.933. The molecule has 0 bridgehead atoms. The van der Waals surface area contributed by atoms with Crippen LogP contribution < -0.4 is 5.73 Å². The van der Waals surface area contributed by atoms with Gasteiger partial charge in [-0.25, -0.2) is 0 Å². The van der Waals surface area contributed by atoms with Crippen LogP contribution in [0, 0.1) is 0 Å². The van der Waals surface area contributed by atoms with Crippen molar-refractivity contribution in [3.05, 3.63) is 34.3 Å². The van der Waals surface area contributed by atoms with Crippen LogP contribution in [-0.4, -0.2) is 23.4 Å². The molecule has 18 heavy (non-hydrogen) atoms. The van der Waals surface area contributed by atoms with Crippen molar-refractivity contribution >= 4 is 21.8 Å². The summed E-state index contributed by atoms with van der Waals surface area (Å²) in [4.78, 5) is 14.1. The fraction of sp³-hybridized carbons (Fsp3) is 0.500. The molecule has 1 aliphatic carbocycles. The summed E-state index contributed by atoms with van der Waals surface area (Å²) in [5.41, 5.74) is 6.68. The molecule has 0 heterocycles. The lowest BCUT2D eigenvalue weighted by atomic mass is 9.97. The minimum atomic E-state index is -0.624. The van der Waals surface area contributed by atoms with Crippen LogP contribution >= 0.6 is 15.9 Å². The van der Waals surface area contributed by atoms with Gasteiger partial charge >= 0.3 is 0 Å². The third-order valence-electron chi connectivity index (χ3n) is 3.58. The average molecular weight is 311 g/mol. The predicted molar refractivity (Wildman–Crippen MR) is 76.0 cm³/mol. The van der Waals surface area contributed by atoms with Gasteiger partial charge in [0.2, 0.25) is 5.91 Å². The normalized spacial score (nSPS) is 17.7. The molecule has 1 aliphatic rings. The lowest BCUT2D eigenvalue weighted by Gasteiger charge is -2.28. The summed E-state index contributed by atoms with van der Waals surface area (Å²) < 4.78 is 1.03. The van der Waals surface area contributed by atoms with Gasteiger partial charge in [-0.15, -0.1) is 0 Å². The molecule has 0 spiro atoms. The average Bonchev–Trinajstić information content (AvgIpc) is 2.76. The number of halogens is 1. The largest absolute Gasteiger partial charge is 0.340 e. The molecular formula is C14H19BrN2O. The number of rotatable bonds is 3. The number of hydrogen-bond donors (Lipinski definition) is 1. The molecule has 0 aliphatic heterocycles. The van der Waals surface area contributed by atoms with Gasteiger partial charge < -0.3 is 10.6 Å². The van der Waals surface area contributed by atoms with Gasteiger partial charge in [-0.2, -0.15) is 0 Å². The molecule has 1 aromatic carbocycles. The summed E-state index contributed by atoms with van der Waals surface area (Å²) in [5.74, 6) is 0.0694. The van der Waals surface area contributed by atoms with Crippen LogP contribution in [0.4, 0.5) is 0 Å². The molecule has 2 rings (SSSR count). The van der Waals surface area contributed by atoms with E-state index in [9.17, 15) is 4.79 Å². The Morgan fingerprint density at radius 2 is 2.11 bits per heavy atom. The van der Waals surface area contributed by atoms with Crippen molar-refractivity contribution in [3.63, 3.8) is 0 Å². The van der Waals surface area contributed by atoms with Crippen molar-refractivity contribution in [2.24, 2.45) is 5.73 Å². The van der Waals surface area contributed by atoms with E-state index in [1.807, 2.05) is 31.3 Å². The molecule has 1 aromatic rings. The van der Waals surface area contributed by atoms with Crippen molar-refractivity contribution in [1.82, 2.24) is 4.90 Å². The first kappa shape index (κ1) is 13.6. The third kappa shape index (κ3) is 2.93. The van der Waals surface area contributed by atoms with Crippen LogP contribution in [0.25, 0.3) is 0 Å². The van der Waals surface area contributed by atoms with Crippen molar-refractivity contribution in [2.75, 3.05) is 7.05 Å². The van der Waals surface area contributed by atoms with Gasteiger partial charge in [-0.05, 0) is 30.5 Å². The van der Waals surface area contributed by atoms with E-state index in [1.165, 1.54) is 0 Å². The van der Waals surface area contributed by atoms with Gasteiger partial charge in [0.1, 0.15) is 0 Å². The van der Waals surface area contributed by atoms with Gasteiger partial charge in [0, 0.05) is 18.1 Å². The van der Waals surface area contributed by atoms with Crippen molar-refractivity contribution in [2.45, 2.75) is 37.8 Å². The minimum absolute atomic E-state index is 0.0694. The van der Waals surface area contributed by atoms with E-state index in [0.717, 1.165) is 35.7 Å². The first-order chi connectivity index (χ1) is 8.51. The van der Waals surface area contributed by atoms with E-state index in [0.29, 0.717) is 6.54 Å². The molecule has 0 radical (unpaired) electrons. The Bertz CT molecular complexity index is 441. The van der Waals surface area contributed by atoms with E-state index in [1.54, 1.807) is 4.90 Å². The maximum absolute atomic E-state index is 12.3. The number of nitrogens with two attached hydrogens (primary N) is 1. The number of benzene rings is 1. The zero-order valence-corrected chi connectivity index (χ0v) is 12.2. The van der Waals surface area contributed by atoms with Crippen LogP contribution in [0.15, 0.2) is 28.7 Å². The van der Waals surface area contributed by atoms with Crippen molar-refractivity contribution in [3.8, 4) is 0 Å². The Balaban J connectivity index is 2.03. The first-order valence-electron chi connectivity index (χ1n) is 6.30. The van der Waals surface area contributed by atoms with Gasteiger partial charge in [0.15, 0.2) is 0 Å². The lowest BCUT2D eigenvalue weighted by molar-refractivity contribution is -0.136. The maximum atomic E-state index is 12.3. The number of likely N-dealkylation sites (N-methyl/N-ethyl adjacent to an activating group) is 1. The number of carbonyl (C=O) groups excluding carboxylic acids is 1. The van der Waals surface area contributed by atoms with E-state index < -0.39 is 5.54 Å². The second kappa shape index (κ2) is 5.41. The second-order valence-electron chi connectivity index (χ2n) is 5.15. The topological polar surface area (TPSA) is 46.3 Å². The van der Waals surface area contributed by atoms with E-state index in [4.69, 9.17) is 5.73 Å². The Kier molecular flexibility index (Phi) is 4.07. The first-order valence-corrected chi connectivity index (χ1v) is 7.09. The molecule has 98 valence electrons. The highest BCUT2D eigenvalue weighted by Crippen LogP contribution is 2.29. The molecule has 0 saturated heterocycles. The molecule has 1 fully saturated rings. The van der Waals surface area contributed by atoms with Crippen LogP contribution in [0.2, 0.25) is 0 Å². The Morgan fingerprint density at radius 1 is 1.44 bits per heavy atom. The SMILES string of the molecule is CN(Cc1cccc(Br)c1)C(=O)C1(N)CCCC1. The lowest BCUT2D eigenvalue weighted by Crippen LogP contribution is -2.52. The predicted octanol–water partition coefficient (Wildman–Crippen LogP) is 2.68. The highest BCUT2D eigenvalue weighted by Gasteiger charge is 2.38. The zero-order chi connectivity index (χ0) is 13.2. The third-order valence-corrected chi connectivity index (χ3v) is 4.07. The van der Waals surface area contributed by atoms with Gasteiger partial charge in [0.05, 0.1) is 5.54 Å². The highest BCUT2D eigenvalue weighted by molar-refractivity contribution is 9.10. The highest BCUT2D eigenvalue weighted by atomic mass is 79.9. The molecule has 1 saturated carbocycles. The zero-order valence-electron chi connectivity index (χ0n) is 10.7. The number of nitrogens with zero attached hydrogens (tertiary/aromatic N) is 1. The van der Waals surface area contributed by atoms with Gasteiger partial charge in [-0.1, -0.05) is 40.9 Å². The Hall–Kier alpha value is -0.870. The standard InChI is InChI=1S/C14H19BrN2O/c1-17(10-11-5-4-6-12(15)9-11)13(18)14(16)7-2-3-8-14/h4-6,9H,2-3,7-8,10,16H2,1H3. The van der Waals surface area contributed by atoms with Crippen LogP contribution in [0.5, 0.6) is 0 Å². The number of hydrogen-bond acceptors (Lipinski definition) is 2. The molecule has 3 nitrogen and oxygen atoms in total. The van der Waals surface area contributed by atoms with Crippen LogP contribution in [0.3, 0.4) is 0 Å². The number of carbonyl (C=O) groups is 1. The summed E-state index contributed by atoms with van der Waals surface area (Å²) in [5, 5.41) is 0. The van der Waals surface area contributed by atoms with E-state index in [2.05, 4.69) is 15.9 Å². The van der Waals surface area contributed by atoms with Crippen molar-refractivity contribution in [1.29, 1.82) is 0 Å². The van der Waals surface area contributed by atoms with Gasteiger partial charge in [-0.3, -0.25) is 4.79 Å². The minimum Gasteiger partial charge on any atom is -0.340 e. The van der Waals surface area contributed by atoms with Crippen LogP contribution in [-0.2, 0) is 11.3 Å². The van der Waals surface area contributed by atoms with E-state index >= 15 is 0 Å². The maximum Gasteiger partial charge on any atom is 0.242 e. The Morgan fingerprint density at radius 3 is 2.72 bits per heavy atom. The summed E-state index contributed by atoms with van der Waals surface area (Å²) in [6, 6.07) is 8.01. The molecule has 0 unspecified atom stereocenters. The Labute approximate surface area is 116 Å². The fourth-order valence-corrected chi connectivity index (χ4v) is 3.03.